The molecule has 3 N–H and O–H groups in total. The molecule has 22 heavy (non-hydrogen) atoms. The molecule has 1 aliphatic heterocycles. The lowest BCUT2D eigenvalue weighted by molar-refractivity contribution is -0.0786. The Kier molecular flexibility index (Phi) is 2.98. The van der Waals surface area contributed by atoms with E-state index in [9.17, 15) is 20.1 Å². The highest BCUT2D eigenvalue weighted by molar-refractivity contribution is 7.99. The van der Waals surface area contributed by atoms with E-state index in [0.29, 0.717) is 0 Å². The second-order valence-electron chi connectivity index (χ2n) is 4.92. The first-order valence-corrected chi connectivity index (χ1v) is 7.55. The molecule has 0 aliphatic carbocycles. The summed E-state index contributed by atoms with van der Waals surface area (Å²) in [5, 5.41) is 29.3. The molecule has 1 fully saturated rings. The summed E-state index contributed by atoms with van der Waals surface area (Å²) in [6.07, 6.45) is -3.76. The van der Waals surface area contributed by atoms with Crippen LogP contribution in [0, 0.1) is 6.85 Å². The van der Waals surface area contributed by atoms with Crippen LogP contribution in [0.2, 0.25) is 0 Å². The minimum absolute atomic E-state index is 0.0643. The molecule has 2 heterocycles. The lowest BCUT2D eigenvalue weighted by Crippen LogP contribution is -2.50. The van der Waals surface area contributed by atoms with Crippen LogP contribution in [0.15, 0.2) is 33.5 Å². The molecule has 1 aromatic heterocycles. The first kappa shape index (κ1) is 11.1. The van der Waals surface area contributed by atoms with E-state index in [1.54, 1.807) is 0 Å². The summed E-state index contributed by atoms with van der Waals surface area (Å²) in [7, 11) is 0. The fourth-order valence-corrected chi connectivity index (χ4v) is 3.30. The van der Waals surface area contributed by atoms with E-state index in [-0.39, 0.29) is 22.5 Å². The molecule has 6 nitrogen and oxygen atoms in total. The molecule has 0 radical (unpaired) electrons. The van der Waals surface area contributed by atoms with Gasteiger partial charge in [0.15, 0.2) is 5.44 Å². The third-order valence-corrected chi connectivity index (χ3v) is 4.60. The van der Waals surface area contributed by atoms with E-state index in [1.165, 1.54) is 18.2 Å². The van der Waals surface area contributed by atoms with Crippen LogP contribution < -0.4 is 10.4 Å². The molecule has 2 aromatic rings. The number of hydrogen-bond acceptors (Lipinski definition) is 7. The maximum atomic E-state index is 11.8. The predicted molar refractivity (Wildman–Crippen MR) is 82.1 cm³/mol. The average Bonchev–Trinajstić information content (AvgIpc) is 2.55. The fourth-order valence-electron chi connectivity index (χ4n) is 2.18. The first-order chi connectivity index (χ1) is 12.1. The van der Waals surface area contributed by atoms with Crippen LogP contribution in [0.5, 0.6) is 5.75 Å². The highest BCUT2D eigenvalue weighted by Crippen LogP contribution is 2.30. The fraction of sp³-hybridized carbons (Fsp3) is 0.400. The summed E-state index contributed by atoms with van der Waals surface area (Å²) in [5.74, 6) is 0.340. The van der Waals surface area contributed by atoms with Gasteiger partial charge < -0.3 is 24.5 Å². The zero-order chi connectivity index (χ0) is 19.2. The summed E-state index contributed by atoms with van der Waals surface area (Å²) in [5.41, 5.74) is -2.41. The average molecular weight is 328 g/mol. The van der Waals surface area contributed by atoms with E-state index >= 15 is 0 Å². The maximum absolute atomic E-state index is 11.8. The van der Waals surface area contributed by atoms with Gasteiger partial charge in [-0.15, -0.1) is 11.8 Å². The highest BCUT2D eigenvalue weighted by Gasteiger charge is 2.38. The first-order valence-electron chi connectivity index (χ1n) is 8.50. The largest absolute Gasteiger partial charge is 0.477 e. The van der Waals surface area contributed by atoms with Crippen LogP contribution in [0.25, 0.3) is 11.0 Å². The summed E-state index contributed by atoms with van der Waals surface area (Å²) in [4.78, 5) is 11.8. The molecule has 1 aliphatic rings. The predicted octanol–water partition coefficient (Wildman–Crippen LogP) is 0.636. The van der Waals surface area contributed by atoms with Crippen LogP contribution in [-0.4, -0.2) is 44.8 Å². The van der Waals surface area contributed by atoms with Crippen molar-refractivity contribution in [3.8, 4) is 5.75 Å². The van der Waals surface area contributed by atoms with Crippen LogP contribution in [0.1, 0.15) is 11.0 Å². The van der Waals surface area contributed by atoms with Crippen molar-refractivity contribution in [1.29, 1.82) is 0 Å². The Hall–Kier alpha value is -1.54. The Morgan fingerprint density at radius 2 is 2.23 bits per heavy atom. The highest BCUT2D eigenvalue weighted by atomic mass is 32.2. The lowest BCUT2D eigenvalue weighted by atomic mass is 10.1. The summed E-state index contributed by atoms with van der Waals surface area (Å²) in [6.45, 7) is -2.66. The molecule has 0 unspecified atom stereocenters. The molecule has 7 heteroatoms. The van der Waals surface area contributed by atoms with Gasteiger partial charge in [0.05, 0.1) is 7.47 Å². The quantitative estimate of drug-likeness (QED) is 0.695. The smallest absolute Gasteiger partial charge is 0.336 e. The molecule has 3 rings (SSSR count). The molecule has 1 saturated heterocycles. The maximum Gasteiger partial charge on any atom is 0.336 e. The monoisotopic (exact) mass is 328 g/mol. The second kappa shape index (κ2) is 5.92. The molecule has 0 bridgehead atoms. The lowest BCUT2D eigenvalue weighted by Gasteiger charge is -2.34. The number of thioether (sulfide) groups is 1. The molecule has 0 saturated carbocycles. The van der Waals surface area contributed by atoms with Crippen molar-refractivity contribution in [3.63, 3.8) is 0 Å². The Morgan fingerprint density at radius 1 is 1.41 bits per heavy atom. The van der Waals surface area contributed by atoms with E-state index in [2.05, 4.69) is 0 Å². The van der Waals surface area contributed by atoms with Crippen LogP contribution in [-0.2, 0) is 0 Å². The van der Waals surface area contributed by atoms with Gasteiger partial charge in [-0.05, 0) is 24.5 Å². The molecule has 1 aromatic carbocycles. The Balaban J connectivity index is 1.98. The van der Waals surface area contributed by atoms with Crippen molar-refractivity contribution < 1.29 is 30.0 Å². The van der Waals surface area contributed by atoms with Gasteiger partial charge in [-0.2, -0.15) is 0 Å². The van der Waals surface area contributed by atoms with Crippen LogP contribution in [0.4, 0.5) is 0 Å². The SMILES string of the molecule is [2H]c1c(C([2H])([2H])[2H])c2ccc(O[C@@H]3SC[C@@H](O)[C@H](O)[C@H]3O)cc2oc1=O. The number of rotatable bonds is 2. The molecule has 4 atom stereocenters. The Labute approximate surface area is 136 Å². The standard InChI is InChI=1S/C15H16O6S/c1-7-4-12(17)21-11-5-8(2-3-9(7)11)20-15-14(19)13(18)10(16)6-22-15/h2-5,10,13-16,18-19H,6H2,1H3/t10-,13+,14-,15-/m1/s1/i1D3,4D. The van der Waals surface area contributed by atoms with Crippen molar-refractivity contribution in [1.82, 2.24) is 0 Å². The van der Waals surface area contributed by atoms with Gasteiger partial charge in [0, 0.05) is 27.4 Å². The van der Waals surface area contributed by atoms with Crippen molar-refractivity contribution in [2.45, 2.75) is 30.6 Å². The molecule has 0 spiro atoms. The molecule has 0 amide bonds. The number of aliphatic hydroxyl groups is 3. The Morgan fingerprint density at radius 3 is 3.00 bits per heavy atom. The number of fused-ring (bicyclic) bond motifs is 1. The Bertz CT molecular complexity index is 883. The summed E-state index contributed by atoms with van der Waals surface area (Å²) in [6, 6.07) is 3.34. The topological polar surface area (TPSA) is 100 Å². The minimum Gasteiger partial charge on any atom is -0.477 e. The van der Waals surface area contributed by atoms with Crippen molar-refractivity contribution >= 4 is 22.7 Å². The zero-order valence-corrected chi connectivity index (χ0v) is 12.0. The van der Waals surface area contributed by atoms with Crippen LogP contribution in [0.3, 0.4) is 0 Å². The van der Waals surface area contributed by atoms with Gasteiger partial charge in [0.2, 0.25) is 0 Å². The number of aliphatic hydroxyl groups excluding tert-OH is 3. The van der Waals surface area contributed by atoms with E-state index in [0.717, 1.165) is 11.8 Å². The van der Waals surface area contributed by atoms with Gasteiger partial charge in [-0.1, -0.05) is 0 Å². The van der Waals surface area contributed by atoms with E-state index in [4.69, 9.17) is 14.6 Å². The summed E-state index contributed by atoms with van der Waals surface area (Å²) >= 11 is 1.10. The second-order valence-corrected chi connectivity index (χ2v) is 6.05. The molecular weight excluding hydrogens is 308 g/mol. The third-order valence-electron chi connectivity index (χ3n) is 3.36. The van der Waals surface area contributed by atoms with Gasteiger partial charge in [-0.25, -0.2) is 4.79 Å². The van der Waals surface area contributed by atoms with Gasteiger partial charge in [0.1, 0.15) is 23.5 Å². The normalized spacial score (nSPS) is 32.0. The van der Waals surface area contributed by atoms with Gasteiger partial charge >= 0.3 is 5.63 Å². The van der Waals surface area contributed by atoms with E-state index < -0.39 is 47.8 Å². The van der Waals surface area contributed by atoms with Crippen LogP contribution >= 0.6 is 11.8 Å². The minimum atomic E-state index is -2.66. The number of ether oxygens (including phenoxy) is 1. The van der Waals surface area contributed by atoms with E-state index in [1.807, 2.05) is 0 Å². The number of aryl methyl sites for hydroxylation is 1. The molecule has 118 valence electrons. The number of hydrogen-bond donors (Lipinski definition) is 3. The molecular formula is C15H16O6S. The van der Waals surface area contributed by atoms with Gasteiger partial charge in [-0.3, -0.25) is 0 Å². The summed E-state index contributed by atoms with van der Waals surface area (Å²) < 4.78 is 40.8. The van der Waals surface area contributed by atoms with Gasteiger partial charge in [0.25, 0.3) is 0 Å². The van der Waals surface area contributed by atoms with Crippen molar-refractivity contribution in [2.75, 3.05) is 5.75 Å². The number of benzene rings is 1. The third kappa shape index (κ3) is 2.85. The zero-order valence-electron chi connectivity index (χ0n) is 15.2. The van der Waals surface area contributed by atoms with Crippen molar-refractivity contribution in [3.05, 3.63) is 40.2 Å². The van der Waals surface area contributed by atoms with Crippen molar-refractivity contribution in [2.24, 2.45) is 0 Å².